The second-order valence-corrected chi connectivity index (χ2v) is 10.6. The molecule has 3 unspecified atom stereocenters. The van der Waals surface area contributed by atoms with Crippen LogP contribution >= 0.6 is 0 Å². The quantitative estimate of drug-likeness (QED) is 0.704. The molecule has 4 nitrogen and oxygen atoms in total. The predicted molar refractivity (Wildman–Crippen MR) is 116 cm³/mol. The van der Waals surface area contributed by atoms with Gasteiger partial charge in [-0.25, -0.2) is 4.39 Å². The summed E-state index contributed by atoms with van der Waals surface area (Å²) in [4.78, 5) is 17.2. The van der Waals surface area contributed by atoms with Gasteiger partial charge in [-0.05, 0) is 79.5 Å². The summed E-state index contributed by atoms with van der Waals surface area (Å²) in [7, 11) is 0. The van der Waals surface area contributed by atoms with Gasteiger partial charge in [0.1, 0.15) is 11.6 Å². The van der Waals surface area contributed by atoms with E-state index in [1.54, 1.807) is 12.3 Å². The van der Waals surface area contributed by atoms with Crippen molar-refractivity contribution in [1.29, 1.82) is 0 Å². The Morgan fingerprint density at radius 1 is 1.32 bits per heavy atom. The summed E-state index contributed by atoms with van der Waals surface area (Å²) in [6, 6.07) is 6.40. The molecule has 2 bridgehead atoms. The maximum atomic E-state index is 13.7. The van der Waals surface area contributed by atoms with Crippen LogP contribution in [0.4, 0.5) is 4.39 Å². The van der Waals surface area contributed by atoms with Gasteiger partial charge in [0, 0.05) is 29.5 Å². The lowest BCUT2D eigenvalue weighted by Gasteiger charge is -2.70. The van der Waals surface area contributed by atoms with E-state index in [9.17, 15) is 9.18 Å². The molecular formula is C26H27FN2O2. The minimum absolute atomic E-state index is 0.0372. The molecule has 160 valence electrons. The molecular weight excluding hydrogens is 391 g/mol. The fourth-order valence-corrected chi connectivity index (χ4v) is 7.14. The van der Waals surface area contributed by atoms with Crippen LogP contribution < -0.4 is 10.1 Å². The first kappa shape index (κ1) is 19.1. The van der Waals surface area contributed by atoms with Crippen LogP contribution in [-0.2, 0) is 4.79 Å². The minimum Gasteiger partial charge on any atom is -0.490 e. The van der Waals surface area contributed by atoms with Gasteiger partial charge < -0.3 is 10.1 Å². The van der Waals surface area contributed by atoms with Gasteiger partial charge in [-0.2, -0.15) is 0 Å². The Balaban J connectivity index is 1.04. The highest BCUT2D eigenvalue weighted by Gasteiger charge is 2.68. The highest BCUT2D eigenvalue weighted by Crippen LogP contribution is 2.69. The van der Waals surface area contributed by atoms with Crippen LogP contribution in [0.15, 0.2) is 30.5 Å². The van der Waals surface area contributed by atoms with E-state index in [2.05, 4.69) is 23.1 Å². The Bertz CT molecular complexity index is 1090. The zero-order chi connectivity index (χ0) is 21.4. The Hall–Kier alpha value is -2.61. The van der Waals surface area contributed by atoms with Gasteiger partial charge in [0.25, 0.3) is 0 Å². The number of carbonyl (C=O) groups excluding carboxylic acids is 1. The maximum absolute atomic E-state index is 13.7. The van der Waals surface area contributed by atoms with Crippen LogP contribution in [0.3, 0.4) is 0 Å². The van der Waals surface area contributed by atoms with Crippen LogP contribution in [0, 0.1) is 47.2 Å². The molecule has 0 saturated heterocycles. The first-order valence-corrected chi connectivity index (χ1v) is 11.4. The number of pyridine rings is 1. The molecule has 7 rings (SSSR count). The molecule has 31 heavy (non-hydrogen) atoms. The lowest BCUT2D eigenvalue weighted by molar-refractivity contribution is -0.165. The number of rotatable bonds is 6. The minimum atomic E-state index is -0.284. The summed E-state index contributed by atoms with van der Waals surface area (Å²) in [5.74, 6) is 5.01. The van der Waals surface area contributed by atoms with Crippen LogP contribution in [0.5, 0.6) is 5.75 Å². The number of terminal acetylenes is 1. The van der Waals surface area contributed by atoms with Gasteiger partial charge in [0.05, 0.1) is 11.6 Å². The van der Waals surface area contributed by atoms with Crippen LogP contribution in [0.1, 0.15) is 45.4 Å². The SMILES string of the molecule is C#CCC12CC(NC(=O)C(C)C3[C@H]4CC(Oc5ccnc6ccc(F)cc56)C[C@@H]34)(C1)C2. The van der Waals surface area contributed by atoms with Crippen molar-refractivity contribution in [2.75, 3.05) is 0 Å². The second kappa shape index (κ2) is 6.45. The largest absolute Gasteiger partial charge is 0.490 e. The Kier molecular flexibility index (Phi) is 3.97. The summed E-state index contributed by atoms with van der Waals surface area (Å²) in [5, 5.41) is 4.06. The van der Waals surface area contributed by atoms with E-state index in [-0.39, 0.29) is 29.3 Å². The first-order chi connectivity index (χ1) is 14.9. The second-order valence-electron chi connectivity index (χ2n) is 10.6. The van der Waals surface area contributed by atoms with E-state index >= 15 is 0 Å². The molecule has 1 N–H and O–H groups in total. The van der Waals surface area contributed by atoms with E-state index in [1.807, 2.05) is 6.07 Å². The van der Waals surface area contributed by atoms with Gasteiger partial charge >= 0.3 is 0 Å². The van der Waals surface area contributed by atoms with Crippen molar-refractivity contribution >= 4 is 16.8 Å². The first-order valence-electron chi connectivity index (χ1n) is 11.4. The number of amides is 1. The van der Waals surface area contributed by atoms with Crippen molar-refractivity contribution in [3.05, 3.63) is 36.3 Å². The smallest absolute Gasteiger partial charge is 0.223 e. The highest BCUT2D eigenvalue weighted by molar-refractivity contribution is 5.84. The third-order valence-electron chi connectivity index (χ3n) is 8.42. The molecule has 5 heteroatoms. The van der Waals surface area contributed by atoms with E-state index in [0.717, 1.165) is 44.0 Å². The number of hydrogen-bond donors (Lipinski definition) is 1. The number of aromatic nitrogens is 1. The molecule has 1 aromatic carbocycles. The van der Waals surface area contributed by atoms with Crippen LogP contribution in [-0.4, -0.2) is 22.5 Å². The maximum Gasteiger partial charge on any atom is 0.223 e. The fraction of sp³-hybridized carbons (Fsp3) is 0.538. The molecule has 5 saturated carbocycles. The monoisotopic (exact) mass is 418 g/mol. The van der Waals surface area contributed by atoms with Gasteiger partial charge in [-0.3, -0.25) is 9.78 Å². The van der Waals surface area contributed by atoms with Crippen molar-refractivity contribution < 1.29 is 13.9 Å². The molecule has 5 aliphatic carbocycles. The van der Waals surface area contributed by atoms with Crippen LogP contribution in [0.25, 0.3) is 10.9 Å². The topological polar surface area (TPSA) is 51.2 Å². The van der Waals surface area contributed by atoms with Crippen molar-refractivity contribution in [2.24, 2.45) is 29.1 Å². The standard InChI is InChI=1S/C26H27FN2O2/c1-3-7-25-12-26(13-25,14-25)29-24(30)15(2)23-18-10-17(11-19(18)23)31-22-6-8-28-21-5-4-16(27)9-20(21)22/h1,4-6,8-9,15,17-19,23H,7,10-14H2,2H3,(H,29,30)/t15?,17?,18-,19+,23?,25?,26?. The number of hydrogen-bond acceptors (Lipinski definition) is 3. The molecule has 5 fully saturated rings. The lowest BCUT2D eigenvalue weighted by Crippen LogP contribution is -2.74. The fourth-order valence-electron chi connectivity index (χ4n) is 7.14. The number of ether oxygens (including phenoxy) is 1. The Morgan fingerprint density at radius 3 is 2.77 bits per heavy atom. The predicted octanol–water partition coefficient (Wildman–Crippen LogP) is 4.48. The lowest BCUT2D eigenvalue weighted by atomic mass is 9.38. The zero-order valence-electron chi connectivity index (χ0n) is 17.7. The molecule has 0 aliphatic heterocycles. The van der Waals surface area contributed by atoms with E-state index in [1.165, 1.54) is 12.1 Å². The van der Waals surface area contributed by atoms with Crippen molar-refractivity contribution in [3.8, 4) is 18.1 Å². The molecule has 0 radical (unpaired) electrons. The number of nitrogens with one attached hydrogen (secondary N) is 1. The summed E-state index contributed by atoms with van der Waals surface area (Å²) in [6.45, 7) is 2.08. The van der Waals surface area contributed by atoms with Crippen molar-refractivity contribution in [3.63, 3.8) is 0 Å². The molecule has 0 spiro atoms. The third kappa shape index (κ3) is 2.95. The summed E-state index contributed by atoms with van der Waals surface area (Å²) in [6.07, 6.45) is 13.2. The summed E-state index contributed by atoms with van der Waals surface area (Å²) >= 11 is 0. The van der Waals surface area contributed by atoms with Gasteiger partial charge in [0.15, 0.2) is 0 Å². The van der Waals surface area contributed by atoms with Crippen molar-refractivity contribution in [2.45, 2.75) is 57.1 Å². The van der Waals surface area contributed by atoms with E-state index in [4.69, 9.17) is 11.2 Å². The number of benzene rings is 1. The molecule has 1 heterocycles. The third-order valence-corrected chi connectivity index (χ3v) is 8.42. The van der Waals surface area contributed by atoms with Gasteiger partial charge in [-0.1, -0.05) is 6.92 Å². The molecule has 1 aromatic heterocycles. The molecule has 5 aliphatic rings. The van der Waals surface area contributed by atoms with Gasteiger partial charge in [-0.15, -0.1) is 12.3 Å². The molecule has 1 amide bonds. The molecule has 2 aromatic rings. The van der Waals surface area contributed by atoms with Crippen molar-refractivity contribution in [1.82, 2.24) is 10.3 Å². The normalized spacial score (nSPS) is 37.7. The average Bonchev–Trinajstić information content (AvgIpc) is 3.19. The Labute approximate surface area is 182 Å². The van der Waals surface area contributed by atoms with Gasteiger partial charge in [0.2, 0.25) is 5.91 Å². The number of nitrogens with zero attached hydrogens (tertiary/aromatic N) is 1. The number of carbonyl (C=O) groups is 1. The number of fused-ring (bicyclic) bond motifs is 2. The summed E-state index contributed by atoms with van der Waals surface area (Å²) < 4.78 is 20.0. The van der Waals surface area contributed by atoms with E-state index < -0.39 is 0 Å². The average molecular weight is 419 g/mol. The Morgan fingerprint density at radius 2 is 2.06 bits per heavy atom. The molecule has 5 atom stereocenters. The highest BCUT2D eigenvalue weighted by atomic mass is 19.1. The number of halogens is 1. The zero-order valence-corrected chi connectivity index (χ0v) is 17.7. The van der Waals surface area contributed by atoms with E-state index in [0.29, 0.717) is 34.3 Å². The van der Waals surface area contributed by atoms with Crippen LogP contribution in [0.2, 0.25) is 0 Å². The summed E-state index contributed by atoms with van der Waals surface area (Å²) in [5.41, 5.74) is 1.10.